The number of carbonyl (C=O) groups is 1. The van der Waals surface area contributed by atoms with E-state index in [4.69, 9.17) is 0 Å². The normalized spacial score (nSPS) is 18.6. The largest absolute Gasteiger partial charge is 0.268 e. The summed E-state index contributed by atoms with van der Waals surface area (Å²) in [5.41, 5.74) is 1.42. The fourth-order valence-electron chi connectivity index (χ4n) is 2.31. The van der Waals surface area contributed by atoms with Crippen molar-refractivity contribution in [2.75, 3.05) is 6.54 Å². The van der Waals surface area contributed by atoms with Crippen LogP contribution in [0.3, 0.4) is 0 Å². The molecule has 0 bridgehead atoms. The summed E-state index contributed by atoms with van der Waals surface area (Å²) >= 11 is 0. The van der Waals surface area contributed by atoms with Crippen LogP contribution in [-0.4, -0.2) is 25.2 Å². The minimum absolute atomic E-state index is 0.144. The molecule has 0 saturated carbocycles. The Kier molecular flexibility index (Phi) is 3.97. The summed E-state index contributed by atoms with van der Waals surface area (Å²) in [6.07, 6.45) is 2.33. The first kappa shape index (κ1) is 15.8. The molecule has 0 aliphatic carbocycles. The van der Waals surface area contributed by atoms with Gasteiger partial charge >= 0.3 is 0 Å². The molecule has 1 heterocycles. The van der Waals surface area contributed by atoms with E-state index in [9.17, 15) is 13.2 Å². The molecule has 1 aromatic carbocycles. The molecule has 1 amide bonds. The van der Waals surface area contributed by atoms with E-state index in [2.05, 4.69) is 0 Å². The first-order valence-corrected chi connectivity index (χ1v) is 8.41. The number of nitrogens with zero attached hydrogens (tertiary/aromatic N) is 1. The molecule has 1 aromatic rings. The fraction of sp³-hybridized carbons (Fsp3) is 0.438. The lowest BCUT2D eigenvalue weighted by molar-refractivity contribution is -0.120. The van der Waals surface area contributed by atoms with Gasteiger partial charge in [-0.1, -0.05) is 44.5 Å². The van der Waals surface area contributed by atoms with Gasteiger partial charge in [-0.2, -0.15) is 0 Å². The summed E-state index contributed by atoms with van der Waals surface area (Å²) in [5.74, 6) is -0.398. The number of carbonyl (C=O) groups excluding carboxylic acids is 1. The average molecular weight is 307 g/mol. The van der Waals surface area contributed by atoms with E-state index >= 15 is 0 Å². The maximum Gasteiger partial charge on any atom is 0.266 e. The lowest BCUT2D eigenvalue weighted by Crippen LogP contribution is -2.32. The minimum Gasteiger partial charge on any atom is -0.268 e. The van der Waals surface area contributed by atoms with Gasteiger partial charge in [0.1, 0.15) is 0 Å². The van der Waals surface area contributed by atoms with E-state index in [-0.39, 0.29) is 16.9 Å². The molecular weight excluding hydrogens is 286 g/mol. The zero-order valence-corrected chi connectivity index (χ0v) is 13.7. The van der Waals surface area contributed by atoms with Crippen molar-refractivity contribution in [1.29, 1.82) is 0 Å². The molecule has 21 heavy (non-hydrogen) atoms. The second-order valence-electron chi connectivity index (χ2n) is 6.48. The number of amides is 1. The molecule has 1 aliphatic rings. The van der Waals surface area contributed by atoms with Crippen molar-refractivity contribution in [3.8, 4) is 0 Å². The molecule has 1 fully saturated rings. The van der Waals surface area contributed by atoms with Crippen molar-refractivity contribution in [3.63, 3.8) is 0 Å². The van der Waals surface area contributed by atoms with Crippen LogP contribution < -0.4 is 0 Å². The van der Waals surface area contributed by atoms with Crippen LogP contribution in [0.5, 0.6) is 0 Å². The number of benzene rings is 1. The van der Waals surface area contributed by atoms with E-state index in [1.807, 2.05) is 33.8 Å². The highest BCUT2D eigenvalue weighted by atomic mass is 32.2. The van der Waals surface area contributed by atoms with E-state index in [0.717, 1.165) is 9.87 Å². The second kappa shape index (κ2) is 5.30. The smallest absolute Gasteiger partial charge is 0.266 e. The SMILES string of the molecule is Cc1ccc(S(=O)(=O)N2CC/C(=C\C(C)(C)C)C2=O)cc1. The van der Waals surface area contributed by atoms with E-state index < -0.39 is 15.9 Å². The van der Waals surface area contributed by atoms with Crippen LogP contribution in [-0.2, 0) is 14.8 Å². The second-order valence-corrected chi connectivity index (χ2v) is 8.34. The average Bonchev–Trinajstić information content (AvgIpc) is 2.70. The van der Waals surface area contributed by atoms with Crippen molar-refractivity contribution in [2.45, 2.75) is 39.0 Å². The fourth-order valence-corrected chi connectivity index (χ4v) is 3.72. The molecule has 114 valence electrons. The van der Waals surface area contributed by atoms with Gasteiger partial charge in [0.25, 0.3) is 15.9 Å². The molecule has 0 radical (unpaired) electrons. The summed E-state index contributed by atoms with van der Waals surface area (Å²) in [4.78, 5) is 12.5. The lowest BCUT2D eigenvalue weighted by Gasteiger charge is -2.17. The summed E-state index contributed by atoms with van der Waals surface area (Å²) in [5, 5.41) is 0. The Labute approximate surface area is 126 Å². The van der Waals surface area contributed by atoms with Gasteiger partial charge < -0.3 is 0 Å². The van der Waals surface area contributed by atoms with Crippen molar-refractivity contribution in [1.82, 2.24) is 4.31 Å². The Hall–Kier alpha value is -1.62. The number of hydrogen-bond donors (Lipinski definition) is 0. The van der Waals surface area contributed by atoms with Gasteiger partial charge in [0.2, 0.25) is 0 Å². The zero-order valence-electron chi connectivity index (χ0n) is 12.9. The summed E-state index contributed by atoms with van der Waals surface area (Å²) in [6, 6.07) is 6.56. The Morgan fingerprint density at radius 1 is 1.14 bits per heavy atom. The summed E-state index contributed by atoms with van der Waals surface area (Å²) in [7, 11) is -3.75. The maximum absolute atomic E-state index is 12.5. The third-order valence-electron chi connectivity index (χ3n) is 3.30. The maximum atomic E-state index is 12.5. The third kappa shape index (κ3) is 3.35. The molecule has 1 aliphatic heterocycles. The Morgan fingerprint density at radius 3 is 2.24 bits per heavy atom. The first-order chi connectivity index (χ1) is 9.61. The molecule has 1 saturated heterocycles. The number of rotatable bonds is 2. The number of aryl methyl sites for hydroxylation is 1. The molecule has 4 nitrogen and oxygen atoms in total. The molecule has 0 aromatic heterocycles. The highest BCUT2D eigenvalue weighted by Crippen LogP contribution is 2.28. The molecule has 0 unspecified atom stereocenters. The predicted octanol–water partition coefficient (Wildman–Crippen LogP) is 2.89. The van der Waals surface area contributed by atoms with Crippen molar-refractivity contribution in [2.24, 2.45) is 5.41 Å². The number of sulfonamides is 1. The third-order valence-corrected chi connectivity index (χ3v) is 5.10. The molecule has 0 spiro atoms. The standard InChI is InChI=1S/C16H21NO3S/c1-12-5-7-14(8-6-12)21(19,20)17-10-9-13(15(17)18)11-16(2,3)4/h5-8,11H,9-10H2,1-4H3/b13-11+. The van der Waals surface area contributed by atoms with E-state index in [1.54, 1.807) is 24.3 Å². The van der Waals surface area contributed by atoms with E-state index in [0.29, 0.717) is 12.0 Å². The van der Waals surface area contributed by atoms with Crippen molar-refractivity contribution in [3.05, 3.63) is 41.5 Å². The topological polar surface area (TPSA) is 54.5 Å². The molecule has 0 atom stereocenters. The van der Waals surface area contributed by atoms with Gasteiger partial charge in [-0.3, -0.25) is 4.79 Å². The number of hydrogen-bond acceptors (Lipinski definition) is 3. The molecular formula is C16H21NO3S. The van der Waals surface area contributed by atoms with Gasteiger partial charge in [0.05, 0.1) is 4.90 Å². The van der Waals surface area contributed by atoms with Crippen LogP contribution in [0.25, 0.3) is 0 Å². The van der Waals surface area contributed by atoms with E-state index in [1.165, 1.54) is 0 Å². The number of allylic oxidation sites excluding steroid dienone is 1. The highest BCUT2D eigenvalue weighted by Gasteiger charge is 2.36. The highest BCUT2D eigenvalue weighted by molar-refractivity contribution is 7.89. The predicted molar refractivity (Wildman–Crippen MR) is 82.2 cm³/mol. The Balaban J connectivity index is 2.33. The lowest BCUT2D eigenvalue weighted by atomic mass is 9.93. The zero-order chi connectivity index (χ0) is 15.8. The minimum atomic E-state index is -3.75. The molecule has 2 rings (SSSR count). The Morgan fingerprint density at radius 2 is 1.71 bits per heavy atom. The van der Waals surface area contributed by atoms with Gasteiger partial charge in [-0.15, -0.1) is 0 Å². The quantitative estimate of drug-likeness (QED) is 0.789. The van der Waals surface area contributed by atoms with Crippen molar-refractivity contribution >= 4 is 15.9 Å². The van der Waals surface area contributed by atoms with Crippen molar-refractivity contribution < 1.29 is 13.2 Å². The first-order valence-electron chi connectivity index (χ1n) is 6.97. The monoisotopic (exact) mass is 307 g/mol. The molecule has 5 heteroatoms. The van der Waals surface area contributed by atoms with Gasteiger partial charge in [-0.05, 0) is 30.9 Å². The Bertz CT molecular complexity index is 679. The van der Waals surface area contributed by atoms with Crippen LogP contribution in [0.1, 0.15) is 32.8 Å². The van der Waals surface area contributed by atoms with Crippen LogP contribution in [0.4, 0.5) is 0 Å². The van der Waals surface area contributed by atoms with Gasteiger partial charge in [0, 0.05) is 12.1 Å². The van der Waals surface area contributed by atoms with Gasteiger partial charge in [-0.25, -0.2) is 12.7 Å². The summed E-state index contributed by atoms with van der Waals surface area (Å²) in [6.45, 7) is 8.08. The van der Waals surface area contributed by atoms with Gasteiger partial charge in [0.15, 0.2) is 0 Å². The summed E-state index contributed by atoms with van der Waals surface area (Å²) < 4.78 is 26.1. The molecule has 0 N–H and O–H groups in total. The van der Waals surface area contributed by atoms with Crippen LogP contribution in [0.2, 0.25) is 0 Å². The van der Waals surface area contributed by atoms with Crippen LogP contribution >= 0.6 is 0 Å². The van der Waals surface area contributed by atoms with Crippen LogP contribution in [0.15, 0.2) is 40.8 Å². The van der Waals surface area contributed by atoms with Crippen LogP contribution in [0, 0.1) is 12.3 Å².